The van der Waals surface area contributed by atoms with E-state index in [2.05, 4.69) is 48.3 Å². The SMILES string of the molecule is CCCCOCCCNC(=O)c1ccoc1CN1c2ccccc2CC1C. The van der Waals surface area contributed by atoms with Gasteiger partial charge in [-0.1, -0.05) is 31.5 Å². The molecule has 146 valence electrons. The van der Waals surface area contributed by atoms with E-state index in [1.54, 1.807) is 12.3 Å². The zero-order valence-corrected chi connectivity index (χ0v) is 16.4. The Bertz CT molecular complexity index is 741. The summed E-state index contributed by atoms with van der Waals surface area (Å²) in [5.74, 6) is 0.641. The molecule has 1 unspecified atom stereocenters. The van der Waals surface area contributed by atoms with Crippen LogP contribution >= 0.6 is 0 Å². The van der Waals surface area contributed by atoms with Crippen LogP contribution in [0, 0.1) is 0 Å². The third-order valence-electron chi connectivity index (χ3n) is 5.05. The first kappa shape index (κ1) is 19.5. The molecule has 1 aromatic heterocycles. The zero-order chi connectivity index (χ0) is 19.1. The average Bonchev–Trinajstić information content (AvgIpc) is 3.26. The van der Waals surface area contributed by atoms with Gasteiger partial charge in [-0.05, 0) is 43.9 Å². The fourth-order valence-electron chi connectivity index (χ4n) is 3.51. The summed E-state index contributed by atoms with van der Waals surface area (Å²) >= 11 is 0. The normalized spacial score (nSPS) is 15.8. The van der Waals surface area contributed by atoms with Crippen LogP contribution in [0.2, 0.25) is 0 Å². The summed E-state index contributed by atoms with van der Waals surface area (Å²) in [6.45, 7) is 7.05. The predicted molar refractivity (Wildman–Crippen MR) is 107 cm³/mol. The molecule has 0 bridgehead atoms. The lowest BCUT2D eigenvalue weighted by molar-refractivity contribution is 0.0938. The number of rotatable bonds is 10. The van der Waals surface area contributed by atoms with Gasteiger partial charge < -0.3 is 19.4 Å². The maximum absolute atomic E-state index is 12.5. The van der Waals surface area contributed by atoms with Crippen molar-refractivity contribution in [2.24, 2.45) is 0 Å². The number of furan rings is 1. The number of carbonyl (C=O) groups is 1. The molecule has 27 heavy (non-hydrogen) atoms. The van der Waals surface area contributed by atoms with E-state index in [1.807, 2.05) is 0 Å². The number of carbonyl (C=O) groups excluding carboxylic acids is 1. The highest BCUT2D eigenvalue weighted by atomic mass is 16.5. The Morgan fingerprint density at radius 3 is 2.93 bits per heavy atom. The third-order valence-corrected chi connectivity index (χ3v) is 5.05. The Labute approximate surface area is 161 Å². The van der Waals surface area contributed by atoms with Gasteiger partial charge in [0.1, 0.15) is 5.76 Å². The summed E-state index contributed by atoms with van der Waals surface area (Å²) in [5.41, 5.74) is 3.21. The summed E-state index contributed by atoms with van der Waals surface area (Å²) < 4.78 is 11.2. The van der Waals surface area contributed by atoms with Gasteiger partial charge >= 0.3 is 0 Å². The van der Waals surface area contributed by atoms with Crippen molar-refractivity contribution in [3.05, 3.63) is 53.5 Å². The van der Waals surface area contributed by atoms with Crippen LogP contribution < -0.4 is 10.2 Å². The van der Waals surface area contributed by atoms with Gasteiger partial charge in [0.2, 0.25) is 0 Å². The first-order valence-electron chi connectivity index (χ1n) is 9.97. The number of hydrogen-bond acceptors (Lipinski definition) is 4. The summed E-state index contributed by atoms with van der Waals surface area (Å²) in [6.07, 6.45) is 5.67. The lowest BCUT2D eigenvalue weighted by Crippen LogP contribution is -2.30. The van der Waals surface area contributed by atoms with Gasteiger partial charge in [0.25, 0.3) is 5.91 Å². The van der Waals surface area contributed by atoms with E-state index in [1.165, 1.54) is 11.3 Å². The second kappa shape index (κ2) is 9.60. The number of para-hydroxylation sites is 1. The van der Waals surface area contributed by atoms with Crippen molar-refractivity contribution in [2.75, 3.05) is 24.7 Å². The maximum Gasteiger partial charge on any atom is 0.254 e. The summed E-state index contributed by atoms with van der Waals surface area (Å²) in [7, 11) is 0. The number of fused-ring (bicyclic) bond motifs is 1. The standard InChI is InChI=1S/C22H30N2O3/c1-3-4-12-26-13-7-11-23-22(25)19-10-14-27-21(19)16-24-17(2)15-18-8-5-6-9-20(18)24/h5-6,8-10,14,17H,3-4,7,11-13,15-16H2,1-2H3,(H,23,25). The van der Waals surface area contributed by atoms with E-state index in [-0.39, 0.29) is 5.91 Å². The molecule has 0 saturated carbocycles. The number of amides is 1. The van der Waals surface area contributed by atoms with Crippen LogP contribution in [0.1, 0.15) is 54.8 Å². The molecular weight excluding hydrogens is 340 g/mol. The van der Waals surface area contributed by atoms with Crippen molar-refractivity contribution in [3.8, 4) is 0 Å². The van der Waals surface area contributed by atoms with Gasteiger partial charge in [-0.25, -0.2) is 0 Å². The van der Waals surface area contributed by atoms with Crippen LogP contribution in [0.3, 0.4) is 0 Å². The summed E-state index contributed by atoms with van der Waals surface area (Å²) in [6, 6.07) is 10.6. The van der Waals surface area contributed by atoms with E-state index < -0.39 is 0 Å². The Kier molecular flexibility index (Phi) is 6.93. The van der Waals surface area contributed by atoms with E-state index in [0.29, 0.717) is 31.3 Å². The maximum atomic E-state index is 12.5. The van der Waals surface area contributed by atoms with E-state index in [9.17, 15) is 4.79 Å². The van der Waals surface area contributed by atoms with Gasteiger partial charge in [-0.3, -0.25) is 4.79 Å². The fraction of sp³-hybridized carbons (Fsp3) is 0.500. The molecular formula is C22H30N2O3. The van der Waals surface area contributed by atoms with Crippen LogP contribution in [-0.2, 0) is 17.7 Å². The zero-order valence-electron chi connectivity index (χ0n) is 16.4. The lowest BCUT2D eigenvalue weighted by atomic mass is 10.1. The minimum atomic E-state index is -0.0764. The number of nitrogens with one attached hydrogen (secondary N) is 1. The summed E-state index contributed by atoms with van der Waals surface area (Å²) in [4.78, 5) is 14.8. The molecule has 2 aromatic rings. The van der Waals surface area contributed by atoms with Crippen molar-refractivity contribution in [1.29, 1.82) is 0 Å². The highest BCUT2D eigenvalue weighted by Gasteiger charge is 2.27. The third kappa shape index (κ3) is 4.92. The average molecular weight is 370 g/mol. The van der Waals surface area contributed by atoms with Crippen LogP contribution in [0.5, 0.6) is 0 Å². The molecule has 3 rings (SSSR count). The Balaban J connectivity index is 1.53. The van der Waals surface area contributed by atoms with Crippen LogP contribution in [-0.4, -0.2) is 31.7 Å². The molecule has 0 aliphatic carbocycles. The van der Waals surface area contributed by atoms with E-state index in [4.69, 9.17) is 9.15 Å². The molecule has 1 aromatic carbocycles. The minimum absolute atomic E-state index is 0.0764. The van der Waals surface area contributed by atoms with Gasteiger partial charge in [0.05, 0.1) is 18.4 Å². The van der Waals surface area contributed by atoms with Crippen molar-refractivity contribution >= 4 is 11.6 Å². The Hall–Kier alpha value is -2.27. The largest absolute Gasteiger partial charge is 0.467 e. The van der Waals surface area contributed by atoms with Gasteiger partial charge in [-0.2, -0.15) is 0 Å². The van der Waals surface area contributed by atoms with Crippen molar-refractivity contribution in [2.45, 2.75) is 52.1 Å². The van der Waals surface area contributed by atoms with Crippen molar-refractivity contribution in [3.63, 3.8) is 0 Å². The number of hydrogen-bond donors (Lipinski definition) is 1. The van der Waals surface area contributed by atoms with Crippen LogP contribution in [0.25, 0.3) is 0 Å². The summed E-state index contributed by atoms with van der Waals surface area (Å²) in [5, 5.41) is 2.97. The molecule has 0 spiro atoms. The predicted octanol–water partition coefficient (Wildman–Crippen LogP) is 4.17. The highest BCUT2D eigenvalue weighted by Crippen LogP contribution is 2.33. The molecule has 0 saturated heterocycles. The monoisotopic (exact) mass is 370 g/mol. The number of ether oxygens (including phenoxy) is 1. The van der Waals surface area contributed by atoms with Gasteiger partial charge in [-0.15, -0.1) is 0 Å². The second-order valence-electron chi connectivity index (χ2n) is 7.14. The van der Waals surface area contributed by atoms with Gasteiger partial charge in [0.15, 0.2) is 0 Å². The second-order valence-corrected chi connectivity index (χ2v) is 7.14. The topological polar surface area (TPSA) is 54.7 Å². The number of nitrogens with zero attached hydrogens (tertiary/aromatic N) is 1. The molecule has 5 nitrogen and oxygen atoms in total. The fourth-order valence-corrected chi connectivity index (χ4v) is 3.51. The first-order valence-corrected chi connectivity index (χ1v) is 9.97. The van der Waals surface area contributed by atoms with Gasteiger partial charge in [0, 0.05) is 31.5 Å². The lowest BCUT2D eigenvalue weighted by Gasteiger charge is -2.24. The van der Waals surface area contributed by atoms with E-state index >= 15 is 0 Å². The molecule has 1 N–H and O–H groups in total. The molecule has 1 amide bonds. The van der Waals surface area contributed by atoms with Crippen LogP contribution in [0.4, 0.5) is 5.69 Å². The highest BCUT2D eigenvalue weighted by molar-refractivity contribution is 5.95. The Morgan fingerprint density at radius 2 is 2.07 bits per heavy atom. The number of benzene rings is 1. The van der Waals surface area contributed by atoms with Crippen molar-refractivity contribution < 1.29 is 13.9 Å². The number of unbranched alkanes of at least 4 members (excludes halogenated alkanes) is 1. The molecule has 1 aliphatic rings. The molecule has 1 atom stereocenters. The Morgan fingerprint density at radius 1 is 1.26 bits per heavy atom. The van der Waals surface area contributed by atoms with E-state index in [0.717, 1.165) is 38.1 Å². The molecule has 1 aliphatic heterocycles. The first-order chi connectivity index (χ1) is 13.2. The smallest absolute Gasteiger partial charge is 0.254 e. The molecule has 0 radical (unpaired) electrons. The molecule has 0 fully saturated rings. The number of anilines is 1. The molecule has 5 heteroatoms. The van der Waals surface area contributed by atoms with Crippen molar-refractivity contribution in [1.82, 2.24) is 5.32 Å². The molecule has 2 heterocycles. The minimum Gasteiger partial charge on any atom is -0.467 e. The quantitative estimate of drug-likeness (QED) is 0.638. The van der Waals surface area contributed by atoms with Crippen LogP contribution in [0.15, 0.2) is 41.0 Å².